The molecule has 0 spiro atoms. The lowest BCUT2D eigenvalue weighted by Gasteiger charge is -2.03. The third-order valence-corrected chi connectivity index (χ3v) is 2.88. The molecule has 3 nitrogen and oxygen atoms in total. The molecule has 0 atom stereocenters. The van der Waals surface area contributed by atoms with Gasteiger partial charge >= 0.3 is 0 Å². The van der Waals surface area contributed by atoms with Crippen LogP contribution in [0.4, 0.5) is 0 Å². The molecule has 0 fully saturated rings. The highest BCUT2D eigenvalue weighted by Gasteiger charge is 2.07. The van der Waals surface area contributed by atoms with Gasteiger partial charge in [-0.1, -0.05) is 0 Å². The molecule has 1 rings (SSSR count). The van der Waals surface area contributed by atoms with E-state index in [0.717, 1.165) is 24.0 Å². The summed E-state index contributed by atoms with van der Waals surface area (Å²) in [7, 11) is 0. The Labute approximate surface area is 88.3 Å². The molecule has 0 aliphatic heterocycles. The molecule has 0 saturated carbocycles. The number of amides is 1. The molecule has 1 aromatic rings. The largest absolute Gasteiger partial charge is 0.352 e. The van der Waals surface area contributed by atoms with Crippen molar-refractivity contribution in [1.29, 1.82) is 0 Å². The summed E-state index contributed by atoms with van der Waals surface area (Å²) in [6, 6.07) is 0. The predicted molar refractivity (Wildman–Crippen MR) is 59.7 cm³/mol. The number of rotatable bonds is 5. The standard InChI is InChI=1S/C10H16N2OS/c1-8-6-14-7-9(8)10(13)12-5-3-2-4-11/h6-7H,2-5,11H2,1H3,(H,12,13). The second kappa shape index (κ2) is 5.78. The molecule has 0 saturated heterocycles. The molecule has 0 aliphatic rings. The summed E-state index contributed by atoms with van der Waals surface area (Å²) in [5.74, 6) is 0.0285. The average molecular weight is 212 g/mol. The highest BCUT2D eigenvalue weighted by atomic mass is 32.1. The Morgan fingerprint density at radius 1 is 1.50 bits per heavy atom. The van der Waals surface area contributed by atoms with Crippen LogP contribution in [-0.2, 0) is 0 Å². The Balaban J connectivity index is 2.32. The summed E-state index contributed by atoms with van der Waals surface area (Å²) in [4.78, 5) is 11.6. The smallest absolute Gasteiger partial charge is 0.252 e. The first-order chi connectivity index (χ1) is 6.75. The molecule has 0 unspecified atom stereocenters. The van der Waals surface area contributed by atoms with Gasteiger partial charge in [-0.3, -0.25) is 4.79 Å². The molecule has 78 valence electrons. The van der Waals surface area contributed by atoms with E-state index in [1.54, 1.807) is 11.3 Å². The van der Waals surface area contributed by atoms with Crippen molar-refractivity contribution in [2.75, 3.05) is 13.1 Å². The van der Waals surface area contributed by atoms with Crippen molar-refractivity contribution in [3.05, 3.63) is 21.9 Å². The van der Waals surface area contributed by atoms with E-state index in [1.807, 2.05) is 17.7 Å². The molecule has 4 heteroatoms. The molecule has 0 aromatic carbocycles. The van der Waals surface area contributed by atoms with Gasteiger partial charge in [0.2, 0.25) is 0 Å². The molecule has 1 amide bonds. The Hall–Kier alpha value is -0.870. The zero-order chi connectivity index (χ0) is 10.4. The Bertz CT molecular complexity index is 296. The normalized spacial score (nSPS) is 10.1. The van der Waals surface area contributed by atoms with Crippen LogP contribution in [-0.4, -0.2) is 19.0 Å². The van der Waals surface area contributed by atoms with Crippen LogP contribution in [0.15, 0.2) is 10.8 Å². The fourth-order valence-corrected chi connectivity index (χ4v) is 1.99. The monoisotopic (exact) mass is 212 g/mol. The van der Waals surface area contributed by atoms with Crippen molar-refractivity contribution < 1.29 is 4.79 Å². The van der Waals surface area contributed by atoms with Crippen molar-refractivity contribution >= 4 is 17.2 Å². The summed E-state index contributed by atoms with van der Waals surface area (Å²) < 4.78 is 0. The number of aryl methyl sites for hydroxylation is 1. The molecular formula is C10H16N2OS. The minimum Gasteiger partial charge on any atom is -0.352 e. The lowest BCUT2D eigenvalue weighted by molar-refractivity contribution is 0.0953. The van der Waals surface area contributed by atoms with Crippen molar-refractivity contribution in [3.63, 3.8) is 0 Å². The van der Waals surface area contributed by atoms with E-state index in [0.29, 0.717) is 13.1 Å². The van der Waals surface area contributed by atoms with Crippen LogP contribution >= 0.6 is 11.3 Å². The number of nitrogens with two attached hydrogens (primary N) is 1. The number of unbranched alkanes of at least 4 members (excludes halogenated alkanes) is 1. The van der Waals surface area contributed by atoms with E-state index in [2.05, 4.69) is 5.32 Å². The number of carbonyl (C=O) groups excluding carboxylic acids is 1. The molecule has 0 bridgehead atoms. The van der Waals surface area contributed by atoms with E-state index >= 15 is 0 Å². The van der Waals surface area contributed by atoms with Crippen molar-refractivity contribution in [2.24, 2.45) is 5.73 Å². The molecule has 0 radical (unpaired) electrons. The summed E-state index contributed by atoms with van der Waals surface area (Å²) >= 11 is 1.56. The lowest BCUT2D eigenvalue weighted by Crippen LogP contribution is -2.24. The Kier molecular flexibility index (Phi) is 4.62. The van der Waals surface area contributed by atoms with E-state index in [4.69, 9.17) is 5.73 Å². The van der Waals surface area contributed by atoms with Gasteiger partial charge in [0.15, 0.2) is 0 Å². The predicted octanol–water partition coefficient (Wildman–Crippen LogP) is 1.53. The SMILES string of the molecule is Cc1cscc1C(=O)NCCCCN. The fraction of sp³-hybridized carbons (Fsp3) is 0.500. The van der Waals surface area contributed by atoms with Gasteiger partial charge in [-0.25, -0.2) is 0 Å². The first-order valence-electron chi connectivity index (χ1n) is 4.76. The number of nitrogens with one attached hydrogen (secondary N) is 1. The highest BCUT2D eigenvalue weighted by molar-refractivity contribution is 7.08. The molecule has 1 heterocycles. The fourth-order valence-electron chi connectivity index (χ4n) is 1.16. The Morgan fingerprint density at radius 2 is 2.29 bits per heavy atom. The Morgan fingerprint density at radius 3 is 2.86 bits per heavy atom. The zero-order valence-corrected chi connectivity index (χ0v) is 9.19. The summed E-state index contributed by atoms with van der Waals surface area (Å²) in [6.45, 7) is 3.35. The van der Waals surface area contributed by atoms with E-state index in [-0.39, 0.29) is 5.91 Å². The van der Waals surface area contributed by atoms with Crippen LogP contribution in [0.2, 0.25) is 0 Å². The van der Waals surface area contributed by atoms with Gasteiger partial charge in [0, 0.05) is 11.9 Å². The van der Waals surface area contributed by atoms with Crippen molar-refractivity contribution in [2.45, 2.75) is 19.8 Å². The summed E-state index contributed by atoms with van der Waals surface area (Å²) in [6.07, 6.45) is 1.91. The minimum absolute atomic E-state index is 0.0285. The quantitative estimate of drug-likeness (QED) is 0.727. The summed E-state index contributed by atoms with van der Waals surface area (Å²) in [5, 5.41) is 6.74. The van der Waals surface area contributed by atoms with Gasteiger partial charge in [0.05, 0.1) is 5.56 Å². The maximum absolute atomic E-state index is 11.6. The van der Waals surface area contributed by atoms with Crippen LogP contribution in [0.3, 0.4) is 0 Å². The van der Waals surface area contributed by atoms with Crippen LogP contribution in [0.5, 0.6) is 0 Å². The maximum atomic E-state index is 11.6. The third kappa shape index (κ3) is 3.12. The average Bonchev–Trinajstić information content (AvgIpc) is 2.59. The number of carbonyl (C=O) groups is 1. The van der Waals surface area contributed by atoms with E-state index < -0.39 is 0 Å². The first-order valence-corrected chi connectivity index (χ1v) is 5.71. The highest BCUT2D eigenvalue weighted by Crippen LogP contribution is 2.12. The number of thiophene rings is 1. The van der Waals surface area contributed by atoms with Gasteiger partial charge in [0.25, 0.3) is 5.91 Å². The van der Waals surface area contributed by atoms with Gasteiger partial charge in [-0.15, -0.1) is 0 Å². The van der Waals surface area contributed by atoms with Crippen LogP contribution < -0.4 is 11.1 Å². The zero-order valence-electron chi connectivity index (χ0n) is 8.38. The molecule has 1 aromatic heterocycles. The van der Waals surface area contributed by atoms with E-state index in [1.165, 1.54) is 0 Å². The number of hydrogen-bond donors (Lipinski definition) is 2. The molecule has 14 heavy (non-hydrogen) atoms. The summed E-state index contributed by atoms with van der Waals surface area (Å²) in [5.41, 5.74) is 7.19. The van der Waals surface area contributed by atoms with E-state index in [9.17, 15) is 4.79 Å². The van der Waals surface area contributed by atoms with Gasteiger partial charge in [0.1, 0.15) is 0 Å². The second-order valence-corrected chi connectivity index (χ2v) is 3.96. The van der Waals surface area contributed by atoms with Crippen LogP contribution in [0, 0.1) is 6.92 Å². The van der Waals surface area contributed by atoms with Crippen LogP contribution in [0.25, 0.3) is 0 Å². The third-order valence-electron chi connectivity index (χ3n) is 2.02. The lowest BCUT2D eigenvalue weighted by atomic mass is 10.2. The number of hydrogen-bond acceptors (Lipinski definition) is 3. The molecule has 3 N–H and O–H groups in total. The van der Waals surface area contributed by atoms with Crippen LogP contribution in [0.1, 0.15) is 28.8 Å². The second-order valence-electron chi connectivity index (χ2n) is 3.22. The van der Waals surface area contributed by atoms with Crippen molar-refractivity contribution in [1.82, 2.24) is 5.32 Å². The van der Waals surface area contributed by atoms with Crippen molar-refractivity contribution in [3.8, 4) is 0 Å². The topological polar surface area (TPSA) is 55.1 Å². The molecular weight excluding hydrogens is 196 g/mol. The maximum Gasteiger partial charge on any atom is 0.252 e. The van der Waals surface area contributed by atoms with Gasteiger partial charge in [-0.2, -0.15) is 11.3 Å². The minimum atomic E-state index is 0.0285. The molecule has 0 aliphatic carbocycles. The van der Waals surface area contributed by atoms with Gasteiger partial charge < -0.3 is 11.1 Å². The van der Waals surface area contributed by atoms with Gasteiger partial charge in [-0.05, 0) is 37.3 Å². The first kappa shape index (κ1) is 11.2.